The molecule has 1 saturated heterocycles. The monoisotopic (exact) mass is 322 g/mol. The Kier molecular flexibility index (Phi) is 7.53. The van der Waals surface area contributed by atoms with E-state index in [0.717, 1.165) is 51.4 Å². The molecule has 0 aliphatic carbocycles. The summed E-state index contributed by atoms with van der Waals surface area (Å²) in [6, 6.07) is 0.471. The summed E-state index contributed by atoms with van der Waals surface area (Å²) in [7, 11) is 0. The molecule has 0 amide bonds. The minimum atomic E-state index is 0.276. The summed E-state index contributed by atoms with van der Waals surface area (Å²) in [5.74, 6) is 1.80. The van der Waals surface area contributed by atoms with Crippen LogP contribution in [0.2, 0.25) is 0 Å². The van der Waals surface area contributed by atoms with Gasteiger partial charge in [0.1, 0.15) is 5.82 Å². The summed E-state index contributed by atoms with van der Waals surface area (Å²) in [5, 5.41) is 9.37. The van der Waals surface area contributed by atoms with Crippen LogP contribution in [0, 0.1) is 5.92 Å². The highest BCUT2D eigenvalue weighted by atomic mass is 16.3. The summed E-state index contributed by atoms with van der Waals surface area (Å²) in [6.45, 7) is 12.3. The number of aliphatic hydroxyl groups is 1. The number of rotatable bonds is 9. The number of aryl methyl sites for hydroxylation is 1. The lowest BCUT2D eigenvalue weighted by atomic mass is 10.1. The van der Waals surface area contributed by atoms with Crippen molar-refractivity contribution in [3.8, 4) is 0 Å². The van der Waals surface area contributed by atoms with Crippen LogP contribution in [0.4, 0.5) is 0 Å². The lowest BCUT2D eigenvalue weighted by Crippen LogP contribution is -2.53. The van der Waals surface area contributed by atoms with E-state index in [1.807, 2.05) is 6.20 Å². The standard InChI is InChI=1S/C18H34N4O/c1-4-5-6-18-19-11-16(20-18)13-21-8-9-22(12-15(2)3)17(14-21)7-10-23/h11,15,17,23H,4-10,12-14H2,1-3H3,(H,19,20). The first-order valence-corrected chi connectivity index (χ1v) is 9.22. The zero-order valence-corrected chi connectivity index (χ0v) is 15.1. The number of unbranched alkanes of at least 4 members (excludes halogenated alkanes) is 1. The Morgan fingerprint density at radius 3 is 2.91 bits per heavy atom. The molecule has 5 heteroatoms. The number of piperazine rings is 1. The molecular weight excluding hydrogens is 288 g/mol. The zero-order chi connectivity index (χ0) is 16.7. The molecule has 0 saturated carbocycles. The number of aliphatic hydroxyl groups excluding tert-OH is 1. The van der Waals surface area contributed by atoms with E-state index in [4.69, 9.17) is 0 Å². The molecular formula is C18H34N4O. The Morgan fingerprint density at radius 2 is 2.22 bits per heavy atom. The van der Waals surface area contributed by atoms with Crippen molar-refractivity contribution in [2.75, 3.05) is 32.8 Å². The normalized spacial score (nSPS) is 20.5. The average Bonchev–Trinajstić information content (AvgIpc) is 2.95. The van der Waals surface area contributed by atoms with Crippen molar-refractivity contribution < 1.29 is 5.11 Å². The number of hydrogen-bond acceptors (Lipinski definition) is 4. The predicted octanol–water partition coefficient (Wildman–Crippen LogP) is 2.28. The Hall–Kier alpha value is -0.910. The molecule has 5 nitrogen and oxygen atoms in total. The molecule has 132 valence electrons. The van der Waals surface area contributed by atoms with Crippen LogP contribution in [0.1, 0.15) is 51.6 Å². The van der Waals surface area contributed by atoms with Gasteiger partial charge in [0.2, 0.25) is 0 Å². The van der Waals surface area contributed by atoms with Crippen molar-refractivity contribution in [1.29, 1.82) is 0 Å². The number of hydrogen-bond donors (Lipinski definition) is 2. The Balaban J connectivity index is 1.87. The highest BCUT2D eigenvalue weighted by Gasteiger charge is 2.27. The highest BCUT2D eigenvalue weighted by Crippen LogP contribution is 2.17. The number of imidazole rings is 1. The van der Waals surface area contributed by atoms with E-state index in [0.29, 0.717) is 12.0 Å². The van der Waals surface area contributed by atoms with Gasteiger partial charge in [-0.2, -0.15) is 0 Å². The van der Waals surface area contributed by atoms with Crippen molar-refractivity contribution >= 4 is 0 Å². The molecule has 1 aromatic heterocycles. The molecule has 0 bridgehead atoms. The van der Waals surface area contributed by atoms with E-state index in [1.54, 1.807) is 0 Å². The van der Waals surface area contributed by atoms with Crippen molar-refractivity contribution in [2.45, 2.75) is 59.0 Å². The first kappa shape index (κ1) is 18.4. The minimum absolute atomic E-state index is 0.276. The van der Waals surface area contributed by atoms with Crippen molar-refractivity contribution in [3.63, 3.8) is 0 Å². The van der Waals surface area contributed by atoms with Crippen LogP contribution < -0.4 is 0 Å². The molecule has 1 aliphatic rings. The van der Waals surface area contributed by atoms with Crippen LogP contribution in [0.25, 0.3) is 0 Å². The second kappa shape index (κ2) is 9.40. The number of nitrogens with zero attached hydrogens (tertiary/aromatic N) is 3. The Labute approximate surface area is 141 Å². The van der Waals surface area contributed by atoms with Gasteiger partial charge >= 0.3 is 0 Å². The Bertz CT molecular complexity index is 446. The Morgan fingerprint density at radius 1 is 1.39 bits per heavy atom. The fourth-order valence-corrected chi connectivity index (χ4v) is 3.43. The molecule has 0 aromatic carbocycles. The molecule has 1 unspecified atom stereocenters. The van der Waals surface area contributed by atoms with Crippen LogP contribution in [0.15, 0.2) is 6.20 Å². The molecule has 1 fully saturated rings. The van der Waals surface area contributed by atoms with Gasteiger partial charge in [0.25, 0.3) is 0 Å². The van der Waals surface area contributed by atoms with E-state index >= 15 is 0 Å². The van der Waals surface area contributed by atoms with E-state index < -0.39 is 0 Å². The van der Waals surface area contributed by atoms with Crippen LogP contribution >= 0.6 is 0 Å². The number of nitrogens with one attached hydrogen (secondary N) is 1. The summed E-state index contributed by atoms with van der Waals surface area (Å²) in [4.78, 5) is 13.0. The van der Waals surface area contributed by atoms with Crippen molar-refractivity contribution in [1.82, 2.24) is 19.8 Å². The molecule has 1 aromatic rings. The molecule has 0 radical (unpaired) electrons. The second-order valence-electron chi connectivity index (χ2n) is 7.25. The third-order valence-corrected chi connectivity index (χ3v) is 4.59. The maximum Gasteiger partial charge on any atom is 0.106 e. The second-order valence-corrected chi connectivity index (χ2v) is 7.25. The summed E-state index contributed by atoms with van der Waals surface area (Å²) < 4.78 is 0. The first-order valence-electron chi connectivity index (χ1n) is 9.22. The first-order chi connectivity index (χ1) is 11.1. The van der Waals surface area contributed by atoms with Gasteiger partial charge in [-0.05, 0) is 18.8 Å². The van der Waals surface area contributed by atoms with Gasteiger partial charge in [0.05, 0.1) is 0 Å². The predicted molar refractivity (Wildman–Crippen MR) is 94.4 cm³/mol. The van der Waals surface area contributed by atoms with Crippen molar-refractivity contribution in [3.05, 3.63) is 17.7 Å². The van der Waals surface area contributed by atoms with E-state index in [-0.39, 0.29) is 6.61 Å². The van der Waals surface area contributed by atoms with Crippen LogP contribution in [0.3, 0.4) is 0 Å². The van der Waals surface area contributed by atoms with Gasteiger partial charge in [-0.1, -0.05) is 27.2 Å². The summed E-state index contributed by atoms with van der Waals surface area (Å²) in [6.07, 6.45) is 6.31. The average molecular weight is 322 g/mol. The largest absolute Gasteiger partial charge is 0.396 e. The lowest BCUT2D eigenvalue weighted by Gasteiger charge is -2.42. The third-order valence-electron chi connectivity index (χ3n) is 4.59. The van der Waals surface area contributed by atoms with Crippen LogP contribution in [-0.2, 0) is 13.0 Å². The minimum Gasteiger partial charge on any atom is -0.396 e. The van der Waals surface area contributed by atoms with Crippen molar-refractivity contribution in [2.24, 2.45) is 5.92 Å². The maximum atomic E-state index is 9.37. The van der Waals surface area contributed by atoms with Gasteiger partial charge in [0, 0.05) is 63.7 Å². The molecule has 2 N–H and O–H groups in total. The third kappa shape index (κ3) is 5.90. The quantitative estimate of drug-likeness (QED) is 0.732. The maximum absolute atomic E-state index is 9.37. The molecule has 0 spiro atoms. The zero-order valence-electron chi connectivity index (χ0n) is 15.1. The van der Waals surface area contributed by atoms with Crippen LogP contribution in [0.5, 0.6) is 0 Å². The topological polar surface area (TPSA) is 55.4 Å². The van der Waals surface area contributed by atoms with Gasteiger partial charge in [0.15, 0.2) is 0 Å². The molecule has 23 heavy (non-hydrogen) atoms. The molecule has 2 heterocycles. The number of H-pyrrole nitrogens is 1. The molecule has 2 rings (SSSR count). The summed E-state index contributed by atoms with van der Waals surface area (Å²) in [5.41, 5.74) is 1.22. The highest BCUT2D eigenvalue weighted by molar-refractivity contribution is 5.02. The fourth-order valence-electron chi connectivity index (χ4n) is 3.43. The van der Waals surface area contributed by atoms with Crippen LogP contribution in [-0.4, -0.2) is 63.7 Å². The molecule has 1 aliphatic heterocycles. The molecule has 1 atom stereocenters. The van der Waals surface area contributed by atoms with Gasteiger partial charge in [-0.3, -0.25) is 9.80 Å². The van der Waals surface area contributed by atoms with E-state index in [2.05, 4.69) is 40.5 Å². The summed E-state index contributed by atoms with van der Waals surface area (Å²) >= 11 is 0. The number of aromatic amines is 1. The van der Waals surface area contributed by atoms with Gasteiger partial charge < -0.3 is 10.1 Å². The van der Waals surface area contributed by atoms with Gasteiger partial charge in [-0.25, -0.2) is 4.98 Å². The smallest absolute Gasteiger partial charge is 0.106 e. The lowest BCUT2D eigenvalue weighted by molar-refractivity contribution is 0.0472. The van der Waals surface area contributed by atoms with E-state index in [1.165, 1.54) is 18.5 Å². The van der Waals surface area contributed by atoms with Gasteiger partial charge in [-0.15, -0.1) is 0 Å². The number of aromatic nitrogens is 2. The fraction of sp³-hybridized carbons (Fsp3) is 0.833. The van der Waals surface area contributed by atoms with E-state index in [9.17, 15) is 5.11 Å². The SMILES string of the molecule is CCCCc1ncc(CN2CCN(CC(C)C)C(CCO)C2)[nH]1.